The number of nitrogens with zero attached hydrogens (tertiary/aromatic N) is 1. The topological polar surface area (TPSA) is 71.5 Å². The Hall–Kier alpha value is -1.29. The molecule has 1 fully saturated rings. The smallest absolute Gasteiger partial charge is 0.223 e. The highest BCUT2D eigenvalue weighted by atomic mass is 79.9. The molecule has 0 aliphatic carbocycles. The zero-order valence-corrected chi connectivity index (χ0v) is 16.9. The van der Waals surface area contributed by atoms with Crippen LogP contribution < -0.4 is 0 Å². The molecule has 0 atom stereocenters. The van der Waals surface area contributed by atoms with Crippen molar-refractivity contribution in [1.82, 2.24) is 4.31 Å². The van der Waals surface area contributed by atoms with Crippen molar-refractivity contribution in [3.63, 3.8) is 0 Å². The summed E-state index contributed by atoms with van der Waals surface area (Å²) in [4.78, 5) is 0.228. The Morgan fingerprint density at radius 3 is 2.08 bits per heavy atom. The molecule has 0 unspecified atom stereocenters. The molecule has 26 heavy (non-hydrogen) atoms. The predicted molar refractivity (Wildman–Crippen MR) is 99.5 cm³/mol. The fourth-order valence-electron chi connectivity index (χ4n) is 2.99. The minimum absolute atomic E-state index is 0.0611. The van der Waals surface area contributed by atoms with E-state index in [1.165, 1.54) is 22.5 Å². The highest BCUT2D eigenvalue weighted by molar-refractivity contribution is 9.10. The second-order valence-corrected chi connectivity index (χ2v) is 11.0. The van der Waals surface area contributed by atoms with Gasteiger partial charge >= 0.3 is 0 Å². The van der Waals surface area contributed by atoms with Gasteiger partial charge in [0.05, 0.1) is 15.0 Å². The summed E-state index contributed by atoms with van der Waals surface area (Å²) >= 11 is 3.25. The molecule has 2 aromatic rings. The second kappa shape index (κ2) is 7.38. The number of halogens is 2. The Labute approximate surface area is 160 Å². The van der Waals surface area contributed by atoms with Crippen molar-refractivity contribution in [3.05, 3.63) is 58.8 Å². The Kier molecular flexibility index (Phi) is 5.53. The van der Waals surface area contributed by atoms with Crippen molar-refractivity contribution in [1.29, 1.82) is 0 Å². The van der Waals surface area contributed by atoms with Gasteiger partial charge in [-0.1, -0.05) is 12.1 Å². The van der Waals surface area contributed by atoms with E-state index >= 15 is 0 Å². The normalized spacial score (nSPS) is 17.3. The minimum Gasteiger partial charge on any atom is -0.223 e. The molecule has 2 aromatic carbocycles. The van der Waals surface area contributed by atoms with Gasteiger partial charge in [0, 0.05) is 17.6 Å². The van der Waals surface area contributed by atoms with Crippen molar-refractivity contribution in [2.75, 3.05) is 13.1 Å². The predicted octanol–water partition coefficient (Wildman–Crippen LogP) is 3.22. The molecule has 0 amide bonds. The van der Waals surface area contributed by atoms with Crippen molar-refractivity contribution in [2.24, 2.45) is 0 Å². The summed E-state index contributed by atoms with van der Waals surface area (Å²) in [5.41, 5.74) is 0. The minimum atomic E-state index is -3.69. The first kappa shape index (κ1) is 19.5. The number of sulfone groups is 1. The maximum absolute atomic E-state index is 13.0. The van der Waals surface area contributed by atoms with Gasteiger partial charge in [0.25, 0.3) is 0 Å². The lowest BCUT2D eigenvalue weighted by Crippen LogP contribution is -2.42. The highest BCUT2D eigenvalue weighted by Crippen LogP contribution is 2.30. The maximum atomic E-state index is 13.0. The van der Waals surface area contributed by atoms with Gasteiger partial charge in [-0.05, 0) is 65.2 Å². The van der Waals surface area contributed by atoms with Crippen molar-refractivity contribution >= 4 is 35.8 Å². The van der Waals surface area contributed by atoms with Crippen LogP contribution in [0.15, 0.2) is 62.8 Å². The summed E-state index contributed by atoms with van der Waals surface area (Å²) in [6.45, 7) is 0.240. The summed E-state index contributed by atoms with van der Waals surface area (Å²) < 4.78 is 65.7. The van der Waals surface area contributed by atoms with Crippen LogP contribution in [0.4, 0.5) is 4.39 Å². The first-order valence-electron chi connectivity index (χ1n) is 7.97. The number of rotatable bonds is 4. The lowest BCUT2D eigenvalue weighted by molar-refractivity contribution is 0.345. The Morgan fingerprint density at radius 2 is 1.50 bits per heavy atom. The molecule has 1 heterocycles. The van der Waals surface area contributed by atoms with Gasteiger partial charge in [-0.15, -0.1) is 0 Å². The van der Waals surface area contributed by atoms with Crippen LogP contribution in [0.5, 0.6) is 0 Å². The molecule has 9 heteroatoms. The van der Waals surface area contributed by atoms with Gasteiger partial charge in [-0.3, -0.25) is 0 Å². The molecule has 1 saturated heterocycles. The van der Waals surface area contributed by atoms with E-state index in [-0.39, 0.29) is 35.7 Å². The van der Waals surface area contributed by atoms with Gasteiger partial charge in [0.1, 0.15) is 5.82 Å². The van der Waals surface area contributed by atoms with Crippen LogP contribution in [-0.2, 0) is 19.9 Å². The van der Waals surface area contributed by atoms with Crippen LogP contribution >= 0.6 is 15.9 Å². The van der Waals surface area contributed by atoms with Crippen molar-refractivity contribution in [2.45, 2.75) is 27.9 Å². The van der Waals surface area contributed by atoms with Gasteiger partial charge in [-0.2, -0.15) is 4.31 Å². The maximum Gasteiger partial charge on any atom is 0.244 e. The summed E-state index contributed by atoms with van der Waals surface area (Å²) in [6, 6.07) is 11.2. The third-order valence-corrected chi connectivity index (χ3v) is 9.63. The second-order valence-electron chi connectivity index (χ2n) is 6.03. The van der Waals surface area contributed by atoms with Crippen molar-refractivity contribution in [3.8, 4) is 0 Å². The van der Waals surface area contributed by atoms with E-state index in [0.717, 1.165) is 12.1 Å². The molecule has 0 aromatic heterocycles. The van der Waals surface area contributed by atoms with Crippen LogP contribution in [0.1, 0.15) is 12.8 Å². The van der Waals surface area contributed by atoms with E-state index in [9.17, 15) is 21.2 Å². The van der Waals surface area contributed by atoms with Gasteiger partial charge in [0.2, 0.25) is 10.0 Å². The average Bonchev–Trinajstić information content (AvgIpc) is 2.62. The highest BCUT2D eigenvalue weighted by Gasteiger charge is 2.36. The Bertz CT molecular complexity index is 999. The van der Waals surface area contributed by atoms with E-state index in [0.29, 0.717) is 4.47 Å². The van der Waals surface area contributed by atoms with Gasteiger partial charge in [0.15, 0.2) is 9.84 Å². The number of hydrogen-bond donors (Lipinski definition) is 0. The van der Waals surface area contributed by atoms with Crippen LogP contribution in [0.3, 0.4) is 0 Å². The number of hydrogen-bond acceptors (Lipinski definition) is 4. The van der Waals surface area contributed by atoms with E-state index in [1.807, 2.05) is 0 Å². The molecule has 0 radical (unpaired) electrons. The van der Waals surface area contributed by atoms with Crippen LogP contribution in [0.2, 0.25) is 0 Å². The lowest BCUT2D eigenvalue weighted by atomic mass is 10.2. The SMILES string of the molecule is O=S(=O)(c1ccc(F)cc1)C1CCN(S(=O)(=O)c2ccccc2Br)CC1. The molecule has 1 aliphatic rings. The summed E-state index contributed by atoms with van der Waals surface area (Å²) in [6.07, 6.45) is 0.396. The van der Waals surface area contributed by atoms with Crippen LogP contribution in [0, 0.1) is 5.82 Å². The van der Waals surface area contributed by atoms with Gasteiger partial charge in [-0.25, -0.2) is 21.2 Å². The number of sulfonamides is 1. The monoisotopic (exact) mass is 461 g/mol. The first-order valence-corrected chi connectivity index (χ1v) is 11.7. The van der Waals surface area contributed by atoms with E-state index in [4.69, 9.17) is 0 Å². The molecule has 140 valence electrons. The number of piperidine rings is 1. The summed E-state index contributed by atoms with van der Waals surface area (Å²) in [5, 5.41) is -0.682. The third-order valence-electron chi connectivity index (χ3n) is 4.44. The standard InChI is InChI=1S/C17H17BrFNO4S2/c18-16-3-1-2-4-17(16)26(23,24)20-11-9-15(10-12-20)25(21,22)14-7-5-13(19)6-8-14/h1-8,15H,9-12H2. The molecular formula is C17H17BrFNO4S2. The lowest BCUT2D eigenvalue weighted by Gasteiger charge is -2.31. The molecule has 0 saturated carbocycles. The quantitative estimate of drug-likeness (QED) is 0.655. The van der Waals surface area contributed by atoms with Crippen LogP contribution in [-0.4, -0.2) is 39.5 Å². The average molecular weight is 462 g/mol. The zero-order valence-electron chi connectivity index (χ0n) is 13.7. The zero-order chi connectivity index (χ0) is 18.9. The molecule has 3 rings (SSSR count). The molecule has 0 N–H and O–H groups in total. The first-order chi connectivity index (χ1) is 12.2. The third kappa shape index (κ3) is 3.71. The molecule has 0 bridgehead atoms. The summed E-state index contributed by atoms with van der Waals surface area (Å²) in [7, 11) is -7.31. The fraction of sp³-hybridized carbons (Fsp3) is 0.294. The fourth-order valence-corrected chi connectivity index (χ4v) is 7.16. The number of benzene rings is 2. The van der Waals surface area contributed by atoms with Crippen LogP contribution in [0.25, 0.3) is 0 Å². The molecule has 5 nitrogen and oxygen atoms in total. The summed E-state index contributed by atoms with van der Waals surface area (Å²) in [5.74, 6) is -0.502. The van der Waals surface area contributed by atoms with Crippen molar-refractivity contribution < 1.29 is 21.2 Å². The Balaban J connectivity index is 1.77. The largest absolute Gasteiger partial charge is 0.244 e. The van der Waals surface area contributed by atoms with E-state index < -0.39 is 30.9 Å². The Morgan fingerprint density at radius 1 is 0.923 bits per heavy atom. The molecule has 0 spiro atoms. The molecular weight excluding hydrogens is 445 g/mol. The van der Waals surface area contributed by atoms with E-state index in [1.54, 1.807) is 18.2 Å². The van der Waals surface area contributed by atoms with E-state index in [2.05, 4.69) is 15.9 Å². The molecule has 1 aliphatic heterocycles. The van der Waals surface area contributed by atoms with Gasteiger partial charge < -0.3 is 0 Å².